The maximum Gasteiger partial charge on any atom is 0.335 e. The Labute approximate surface area is 122 Å². The van der Waals surface area contributed by atoms with E-state index in [0.29, 0.717) is 12.2 Å². The second kappa shape index (κ2) is 7.03. The molecular weight excluding hydrogens is 274 g/mol. The molecule has 2 N–H and O–H groups in total. The van der Waals surface area contributed by atoms with Crippen molar-refractivity contribution in [1.29, 1.82) is 0 Å². The number of hydrogen-bond acceptors (Lipinski definition) is 4. The third kappa shape index (κ3) is 4.42. The van der Waals surface area contributed by atoms with Gasteiger partial charge < -0.3 is 20.1 Å². The summed E-state index contributed by atoms with van der Waals surface area (Å²) in [6.45, 7) is 1.50. The summed E-state index contributed by atoms with van der Waals surface area (Å²) >= 11 is 0. The van der Waals surface area contributed by atoms with E-state index < -0.39 is 5.97 Å². The summed E-state index contributed by atoms with van der Waals surface area (Å²) in [7, 11) is 1.71. The van der Waals surface area contributed by atoms with Crippen LogP contribution in [-0.4, -0.2) is 53.3 Å². The lowest BCUT2D eigenvalue weighted by Crippen LogP contribution is -2.41. The molecular formula is C14H19N3O4. The van der Waals surface area contributed by atoms with Crippen molar-refractivity contribution in [2.45, 2.75) is 25.5 Å². The highest BCUT2D eigenvalue weighted by Gasteiger charge is 2.19. The zero-order chi connectivity index (χ0) is 15.2. The third-order valence-corrected chi connectivity index (χ3v) is 3.33. The predicted octanol–water partition coefficient (Wildman–Crippen LogP) is 1.10. The van der Waals surface area contributed by atoms with E-state index in [9.17, 15) is 9.59 Å². The molecule has 1 aromatic rings. The molecule has 21 heavy (non-hydrogen) atoms. The number of aromatic nitrogens is 1. The fourth-order valence-corrected chi connectivity index (χ4v) is 2.19. The average Bonchev–Trinajstić information content (AvgIpc) is 2.97. The first-order valence-electron chi connectivity index (χ1n) is 6.85. The molecule has 2 rings (SSSR count). The Kier molecular flexibility index (Phi) is 5.10. The Balaban J connectivity index is 1.82. The minimum Gasteiger partial charge on any atom is -0.478 e. The van der Waals surface area contributed by atoms with Crippen LogP contribution in [0.15, 0.2) is 18.3 Å². The normalized spacial score (nSPS) is 17.5. The maximum absolute atomic E-state index is 11.9. The molecule has 1 saturated heterocycles. The molecule has 1 fully saturated rings. The molecule has 1 atom stereocenters. The van der Waals surface area contributed by atoms with E-state index in [1.54, 1.807) is 11.9 Å². The number of rotatable bonds is 5. The number of carbonyl (C=O) groups excluding carboxylic acids is 1. The lowest BCUT2D eigenvalue weighted by atomic mass is 10.2. The van der Waals surface area contributed by atoms with Gasteiger partial charge >= 0.3 is 12.0 Å². The van der Waals surface area contributed by atoms with Crippen LogP contribution >= 0.6 is 0 Å². The number of hydrogen-bond donors (Lipinski definition) is 2. The number of carbonyl (C=O) groups is 2. The average molecular weight is 293 g/mol. The highest BCUT2D eigenvalue weighted by Crippen LogP contribution is 2.12. The van der Waals surface area contributed by atoms with Crippen LogP contribution in [0, 0.1) is 0 Å². The Hall–Kier alpha value is -2.15. The number of carboxylic acid groups (broad SMARTS) is 1. The van der Waals surface area contributed by atoms with E-state index in [0.717, 1.165) is 19.4 Å². The van der Waals surface area contributed by atoms with Crippen LogP contribution in [0.25, 0.3) is 0 Å². The van der Waals surface area contributed by atoms with Gasteiger partial charge in [0.15, 0.2) is 0 Å². The summed E-state index contributed by atoms with van der Waals surface area (Å²) in [5, 5.41) is 11.6. The summed E-state index contributed by atoms with van der Waals surface area (Å²) in [5.74, 6) is -1.01. The minimum absolute atomic E-state index is 0.106. The second-order valence-corrected chi connectivity index (χ2v) is 5.02. The van der Waals surface area contributed by atoms with Crippen LogP contribution in [0.2, 0.25) is 0 Å². The van der Waals surface area contributed by atoms with E-state index in [2.05, 4.69) is 10.3 Å². The van der Waals surface area contributed by atoms with E-state index in [4.69, 9.17) is 9.84 Å². The fraction of sp³-hybridized carbons (Fsp3) is 0.500. The molecule has 0 radical (unpaired) electrons. The molecule has 114 valence electrons. The molecule has 1 aliphatic heterocycles. The number of nitrogens with zero attached hydrogens (tertiary/aromatic N) is 2. The highest BCUT2D eigenvalue weighted by molar-refractivity contribution is 5.87. The number of urea groups is 1. The maximum atomic E-state index is 11.9. The molecule has 0 bridgehead atoms. The molecule has 7 nitrogen and oxygen atoms in total. The molecule has 1 aliphatic rings. The Morgan fingerprint density at radius 2 is 2.38 bits per heavy atom. The minimum atomic E-state index is -1.01. The predicted molar refractivity (Wildman–Crippen MR) is 75.0 cm³/mol. The molecule has 1 aromatic heterocycles. The Morgan fingerprint density at radius 1 is 1.57 bits per heavy atom. The van der Waals surface area contributed by atoms with E-state index >= 15 is 0 Å². The van der Waals surface area contributed by atoms with Crippen LogP contribution in [0.3, 0.4) is 0 Å². The van der Waals surface area contributed by atoms with Crippen molar-refractivity contribution in [3.63, 3.8) is 0 Å². The molecule has 2 amide bonds. The quantitative estimate of drug-likeness (QED) is 0.848. The monoisotopic (exact) mass is 293 g/mol. The fourth-order valence-electron chi connectivity index (χ4n) is 2.19. The van der Waals surface area contributed by atoms with E-state index in [1.807, 2.05) is 0 Å². The zero-order valence-corrected chi connectivity index (χ0v) is 11.9. The van der Waals surface area contributed by atoms with Gasteiger partial charge in [-0.05, 0) is 25.0 Å². The molecule has 7 heteroatoms. The number of ether oxygens (including phenoxy) is 1. The smallest absolute Gasteiger partial charge is 0.335 e. The molecule has 0 spiro atoms. The van der Waals surface area contributed by atoms with Gasteiger partial charge in [-0.2, -0.15) is 0 Å². The van der Waals surface area contributed by atoms with Gasteiger partial charge in [0.25, 0.3) is 0 Å². The van der Waals surface area contributed by atoms with Crippen molar-refractivity contribution in [2.24, 2.45) is 0 Å². The Bertz CT molecular complexity index is 515. The summed E-state index contributed by atoms with van der Waals surface area (Å²) in [5.41, 5.74) is 0.663. The molecule has 2 heterocycles. The van der Waals surface area contributed by atoms with Gasteiger partial charge in [0.2, 0.25) is 0 Å². The van der Waals surface area contributed by atoms with Crippen LogP contribution in [0.4, 0.5) is 4.79 Å². The summed E-state index contributed by atoms with van der Waals surface area (Å²) < 4.78 is 5.48. The van der Waals surface area contributed by atoms with Gasteiger partial charge in [-0.1, -0.05) is 0 Å². The largest absolute Gasteiger partial charge is 0.478 e. The van der Waals surface area contributed by atoms with Gasteiger partial charge in [0, 0.05) is 26.4 Å². The SMILES string of the molecule is CN(CC1CCCO1)C(=O)NCc1cc(C(=O)O)ccn1. The van der Waals surface area contributed by atoms with Gasteiger partial charge in [0.05, 0.1) is 23.9 Å². The van der Waals surface area contributed by atoms with Crippen LogP contribution in [-0.2, 0) is 11.3 Å². The van der Waals surface area contributed by atoms with Crippen molar-refractivity contribution < 1.29 is 19.4 Å². The number of pyridine rings is 1. The summed E-state index contributed by atoms with van der Waals surface area (Å²) in [4.78, 5) is 28.4. The summed E-state index contributed by atoms with van der Waals surface area (Å²) in [6.07, 6.45) is 3.53. The Morgan fingerprint density at radius 3 is 3.05 bits per heavy atom. The lowest BCUT2D eigenvalue weighted by molar-refractivity contribution is 0.0696. The van der Waals surface area contributed by atoms with Crippen LogP contribution in [0.1, 0.15) is 28.9 Å². The molecule has 0 saturated carbocycles. The van der Waals surface area contributed by atoms with Crippen molar-refractivity contribution in [1.82, 2.24) is 15.2 Å². The van der Waals surface area contributed by atoms with E-state index in [-0.39, 0.29) is 24.2 Å². The van der Waals surface area contributed by atoms with Crippen molar-refractivity contribution in [2.75, 3.05) is 20.2 Å². The number of nitrogens with one attached hydrogen (secondary N) is 1. The first-order valence-corrected chi connectivity index (χ1v) is 6.85. The lowest BCUT2D eigenvalue weighted by Gasteiger charge is -2.21. The zero-order valence-electron chi connectivity index (χ0n) is 11.9. The van der Waals surface area contributed by atoms with Gasteiger partial charge in [-0.25, -0.2) is 9.59 Å². The van der Waals surface area contributed by atoms with Gasteiger partial charge in [0.1, 0.15) is 0 Å². The van der Waals surface area contributed by atoms with Gasteiger partial charge in [-0.3, -0.25) is 4.98 Å². The number of carboxylic acids is 1. The first kappa shape index (κ1) is 15.2. The molecule has 0 aliphatic carbocycles. The summed E-state index contributed by atoms with van der Waals surface area (Å²) in [6, 6.07) is 2.63. The van der Waals surface area contributed by atoms with Crippen LogP contribution < -0.4 is 5.32 Å². The standard InChI is InChI=1S/C14H19N3O4/c1-17(9-12-3-2-6-21-12)14(20)16-8-11-7-10(13(18)19)4-5-15-11/h4-5,7,12H,2-3,6,8-9H2,1H3,(H,16,20)(H,18,19). The second-order valence-electron chi connectivity index (χ2n) is 5.02. The molecule has 1 unspecified atom stereocenters. The number of likely N-dealkylation sites (N-methyl/N-ethyl adjacent to an activating group) is 1. The van der Waals surface area contributed by atoms with E-state index in [1.165, 1.54) is 18.3 Å². The van der Waals surface area contributed by atoms with Crippen molar-refractivity contribution in [3.05, 3.63) is 29.6 Å². The van der Waals surface area contributed by atoms with Crippen molar-refractivity contribution >= 4 is 12.0 Å². The first-order chi connectivity index (χ1) is 10.1. The topological polar surface area (TPSA) is 91.8 Å². The van der Waals surface area contributed by atoms with Crippen LogP contribution in [0.5, 0.6) is 0 Å². The number of amides is 2. The number of aromatic carboxylic acids is 1. The van der Waals surface area contributed by atoms with Crippen molar-refractivity contribution in [3.8, 4) is 0 Å². The van der Waals surface area contributed by atoms with Gasteiger partial charge in [-0.15, -0.1) is 0 Å². The highest BCUT2D eigenvalue weighted by atomic mass is 16.5. The molecule has 0 aromatic carbocycles. The third-order valence-electron chi connectivity index (χ3n) is 3.33.